The summed E-state index contributed by atoms with van der Waals surface area (Å²) in [5.74, 6) is -0.496. The standard InChI is InChI=1S/C15H9FN4/c16-13-6-3-9(8-18-13)12-5-4-11-10-2-1-7-17-14(10)20-15(11)19-12/h1-8H,(H,17,19,20). The molecule has 20 heavy (non-hydrogen) atoms. The number of hydrogen-bond acceptors (Lipinski definition) is 3. The summed E-state index contributed by atoms with van der Waals surface area (Å²) < 4.78 is 12.8. The zero-order chi connectivity index (χ0) is 13.5. The van der Waals surface area contributed by atoms with Gasteiger partial charge >= 0.3 is 0 Å². The number of aromatic amines is 1. The Hall–Kier alpha value is -2.82. The lowest BCUT2D eigenvalue weighted by Crippen LogP contribution is -1.87. The molecule has 0 spiro atoms. The van der Waals surface area contributed by atoms with Crippen molar-refractivity contribution in [3.05, 3.63) is 54.7 Å². The quantitative estimate of drug-likeness (QED) is 0.536. The highest BCUT2D eigenvalue weighted by Crippen LogP contribution is 2.25. The molecule has 96 valence electrons. The number of pyridine rings is 3. The van der Waals surface area contributed by atoms with E-state index in [1.54, 1.807) is 12.3 Å². The Bertz CT molecular complexity index is 912. The molecule has 0 saturated heterocycles. The van der Waals surface area contributed by atoms with Crippen LogP contribution in [0.5, 0.6) is 0 Å². The topological polar surface area (TPSA) is 54.5 Å². The molecule has 4 rings (SSSR count). The summed E-state index contributed by atoms with van der Waals surface area (Å²) in [6.45, 7) is 0. The summed E-state index contributed by atoms with van der Waals surface area (Å²) in [4.78, 5) is 15.7. The Morgan fingerprint density at radius 1 is 0.900 bits per heavy atom. The lowest BCUT2D eigenvalue weighted by Gasteiger charge is -2.00. The van der Waals surface area contributed by atoms with Crippen molar-refractivity contribution in [2.24, 2.45) is 0 Å². The number of fused-ring (bicyclic) bond motifs is 3. The first kappa shape index (κ1) is 11.0. The molecule has 4 nitrogen and oxygen atoms in total. The van der Waals surface area contributed by atoms with Crippen LogP contribution in [-0.2, 0) is 0 Å². The van der Waals surface area contributed by atoms with Gasteiger partial charge in [0.2, 0.25) is 5.95 Å². The molecule has 0 aliphatic rings. The first-order valence-corrected chi connectivity index (χ1v) is 6.17. The molecule has 4 heterocycles. The molecule has 0 bridgehead atoms. The summed E-state index contributed by atoms with van der Waals surface area (Å²) in [5.41, 5.74) is 3.10. The van der Waals surface area contributed by atoms with Gasteiger partial charge in [-0.05, 0) is 36.4 Å². The van der Waals surface area contributed by atoms with Gasteiger partial charge < -0.3 is 4.98 Å². The van der Waals surface area contributed by atoms with Crippen LogP contribution in [0.25, 0.3) is 33.3 Å². The number of nitrogens with zero attached hydrogens (tertiary/aromatic N) is 3. The average molecular weight is 264 g/mol. The Morgan fingerprint density at radius 3 is 2.65 bits per heavy atom. The minimum Gasteiger partial charge on any atom is -0.324 e. The Labute approximate surface area is 113 Å². The predicted molar refractivity (Wildman–Crippen MR) is 74.6 cm³/mol. The van der Waals surface area contributed by atoms with Crippen LogP contribution in [0.3, 0.4) is 0 Å². The normalized spacial score (nSPS) is 11.2. The maximum Gasteiger partial charge on any atom is 0.212 e. The molecule has 0 atom stereocenters. The van der Waals surface area contributed by atoms with E-state index in [9.17, 15) is 4.39 Å². The van der Waals surface area contributed by atoms with Gasteiger partial charge in [0.25, 0.3) is 0 Å². The van der Waals surface area contributed by atoms with Gasteiger partial charge in [-0.15, -0.1) is 0 Å². The fourth-order valence-electron chi connectivity index (χ4n) is 2.29. The Kier molecular flexibility index (Phi) is 2.26. The number of hydrogen-bond donors (Lipinski definition) is 1. The third-order valence-electron chi connectivity index (χ3n) is 3.25. The number of aromatic nitrogens is 4. The van der Waals surface area contributed by atoms with Gasteiger partial charge in [0, 0.05) is 28.7 Å². The van der Waals surface area contributed by atoms with Gasteiger partial charge in [0.15, 0.2) is 0 Å². The van der Waals surface area contributed by atoms with E-state index in [2.05, 4.69) is 19.9 Å². The third kappa shape index (κ3) is 1.64. The maximum atomic E-state index is 12.8. The second-order valence-electron chi connectivity index (χ2n) is 4.49. The molecular weight excluding hydrogens is 255 g/mol. The van der Waals surface area contributed by atoms with Gasteiger partial charge in [-0.25, -0.2) is 15.0 Å². The fourth-order valence-corrected chi connectivity index (χ4v) is 2.29. The van der Waals surface area contributed by atoms with Gasteiger partial charge in [-0.3, -0.25) is 0 Å². The van der Waals surface area contributed by atoms with E-state index in [-0.39, 0.29) is 0 Å². The van der Waals surface area contributed by atoms with E-state index in [4.69, 9.17) is 0 Å². The van der Waals surface area contributed by atoms with E-state index in [0.717, 1.165) is 33.3 Å². The van der Waals surface area contributed by atoms with Crippen LogP contribution in [0.1, 0.15) is 0 Å². The lowest BCUT2D eigenvalue weighted by molar-refractivity contribution is 0.584. The lowest BCUT2D eigenvalue weighted by atomic mass is 10.1. The minimum absolute atomic E-state index is 0.496. The molecule has 0 unspecified atom stereocenters. The van der Waals surface area contributed by atoms with Crippen LogP contribution in [0, 0.1) is 5.95 Å². The summed E-state index contributed by atoms with van der Waals surface area (Å²) in [7, 11) is 0. The van der Waals surface area contributed by atoms with Crippen LogP contribution < -0.4 is 0 Å². The predicted octanol–water partition coefficient (Wildman–Crippen LogP) is 3.31. The molecular formula is C15H9FN4. The second kappa shape index (κ2) is 4.09. The average Bonchev–Trinajstić information content (AvgIpc) is 2.85. The second-order valence-corrected chi connectivity index (χ2v) is 4.49. The first-order chi connectivity index (χ1) is 9.81. The molecule has 0 aliphatic heterocycles. The van der Waals surface area contributed by atoms with Crippen LogP contribution in [0.15, 0.2) is 48.8 Å². The third-order valence-corrected chi connectivity index (χ3v) is 3.25. The maximum absolute atomic E-state index is 12.8. The van der Waals surface area contributed by atoms with Crippen molar-refractivity contribution in [1.29, 1.82) is 0 Å². The van der Waals surface area contributed by atoms with Crippen molar-refractivity contribution in [3.8, 4) is 11.3 Å². The van der Waals surface area contributed by atoms with E-state index in [1.807, 2.05) is 24.3 Å². The summed E-state index contributed by atoms with van der Waals surface area (Å²) in [6.07, 6.45) is 3.22. The molecule has 0 aromatic carbocycles. The smallest absolute Gasteiger partial charge is 0.212 e. The van der Waals surface area contributed by atoms with Gasteiger partial charge in [-0.2, -0.15) is 4.39 Å². The SMILES string of the molecule is Fc1ccc(-c2ccc3c(n2)[nH]c2ncccc23)cn1. The molecule has 0 amide bonds. The molecule has 4 aromatic rings. The van der Waals surface area contributed by atoms with Crippen molar-refractivity contribution >= 4 is 22.1 Å². The highest BCUT2D eigenvalue weighted by Gasteiger charge is 2.08. The van der Waals surface area contributed by atoms with Crippen molar-refractivity contribution in [1.82, 2.24) is 19.9 Å². The van der Waals surface area contributed by atoms with E-state index < -0.39 is 5.95 Å². The van der Waals surface area contributed by atoms with E-state index in [0.29, 0.717) is 0 Å². The molecule has 0 fully saturated rings. The van der Waals surface area contributed by atoms with Crippen molar-refractivity contribution in [2.45, 2.75) is 0 Å². The highest BCUT2D eigenvalue weighted by atomic mass is 19.1. The number of rotatable bonds is 1. The Balaban J connectivity index is 1.94. The highest BCUT2D eigenvalue weighted by molar-refractivity contribution is 6.04. The molecule has 4 aromatic heterocycles. The van der Waals surface area contributed by atoms with Crippen LogP contribution in [-0.4, -0.2) is 19.9 Å². The molecule has 0 radical (unpaired) electrons. The zero-order valence-corrected chi connectivity index (χ0v) is 10.3. The van der Waals surface area contributed by atoms with E-state index in [1.165, 1.54) is 12.3 Å². The Morgan fingerprint density at radius 2 is 1.80 bits per heavy atom. The van der Waals surface area contributed by atoms with Gasteiger partial charge in [-0.1, -0.05) is 0 Å². The largest absolute Gasteiger partial charge is 0.324 e. The summed E-state index contributed by atoms with van der Waals surface area (Å²) in [6, 6.07) is 10.8. The van der Waals surface area contributed by atoms with Crippen LogP contribution in [0.4, 0.5) is 4.39 Å². The van der Waals surface area contributed by atoms with Crippen molar-refractivity contribution in [3.63, 3.8) is 0 Å². The van der Waals surface area contributed by atoms with Gasteiger partial charge in [0.1, 0.15) is 11.3 Å². The van der Waals surface area contributed by atoms with Crippen molar-refractivity contribution in [2.75, 3.05) is 0 Å². The zero-order valence-electron chi connectivity index (χ0n) is 10.3. The fraction of sp³-hybridized carbons (Fsp3) is 0. The molecule has 5 heteroatoms. The van der Waals surface area contributed by atoms with Crippen LogP contribution >= 0.6 is 0 Å². The monoisotopic (exact) mass is 264 g/mol. The number of H-pyrrole nitrogens is 1. The molecule has 0 saturated carbocycles. The number of nitrogens with one attached hydrogen (secondary N) is 1. The minimum atomic E-state index is -0.496. The summed E-state index contributed by atoms with van der Waals surface area (Å²) in [5, 5.41) is 2.06. The van der Waals surface area contributed by atoms with Crippen molar-refractivity contribution < 1.29 is 4.39 Å². The number of halogens is 1. The molecule has 0 aliphatic carbocycles. The first-order valence-electron chi connectivity index (χ1n) is 6.17. The summed E-state index contributed by atoms with van der Waals surface area (Å²) >= 11 is 0. The van der Waals surface area contributed by atoms with Gasteiger partial charge in [0.05, 0.1) is 5.69 Å². The van der Waals surface area contributed by atoms with E-state index >= 15 is 0 Å². The molecule has 1 N–H and O–H groups in total. The van der Waals surface area contributed by atoms with Crippen LogP contribution in [0.2, 0.25) is 0 Å².